The predicted octanol–water partition coefficient (Wildman–Crippen LogP) is 0.782. The van der Waals surface area contributed by atoms with E-state index in [4.69, 9.17) is 4.74 Å². The predicted molar refractivity (Wildman–Crippen MR) is 70.5 cm³/mol. The van der Waals surface area contributed by atoms with Crippen LogP contribution >= 0.6 is 11.8 Å². The molecule has 0 aliphatic carbocycles. The Hall–Kier alpha value is -0.690. The molecule has 100 valence electrons. The van der Waals surface area contributed by atoms with E-state index in [0.717, 1.165) is 36.2 Å². The van der Waals surface area contributed by atoms with Crippen LogP contribution in [0.5, 0.6) is 0 Å². The lowest BCUT2D eigenvalue weighted by Crippen LogP contribution is -2.46. The molecule has 1 atom stereocenters. The molecule has 1 saturated heterocycles. The van der Waals surface area contributed by atoms with Crippen molar-refractivity contribution in [1.82, 2.24) is 14.9 Å². The topological polar surface area (TPSA) is 58.5 Å². The van der Waals surface area contributed by atoms with Crippen LogP contribution in [0.3, 0.4) is 0 Å². The van der Waals surface area contributed by atoms with E-state index in [9.17, 15) is 5.11 Å². The second kappa shape index (κ2) is 7.04. The molecular formula is C12H19N3O2S. The van der Waals surface area contributed by atoms with E-state index >= 15 is 0 Å². The molecule has 0 bridgehead atoms. The number of aliphatic hydroxyl groups is 1. The van der Waals surface area contributed by atoms with Crippen LogP contribution in [0.2, 0.25) is 0 Å². The SMILES string of the molecule is CCSc1ncc(CN2CCOC[C@@H]2CO)cn1. The van der Waals surface area contributed by atoms with E-state index in [1.54, 1.807) is 11.8 Å². The van der Waals surface area contributed by atoms with E-state index in [1.807, 2.05) is 12.4 Å². The van der Waals surface area contributed by atoms with E-state index in [1.165, 1.54) is 0 Å². The van der Waals surface area contributed by atoms with Crippen molar-refractivity contribution in [3.8, 4) is 0 Å². The van der Waals surface area contributed by atoms with Crippen molar-refractivity contribution in [2.45, 2.75) is 24.7 Å². The molecule has 5 nitrogen and oxygen atoms in total. The first kappa shape index (κ1) is 13.7. The maximum atomic E-state index is 9.30. The Balaban J connectivity index is 1.95. The molecule has 1 aliphatic heterocycles. The van der Waals surface area contributed by atoms with Gasteiger partial charge in [0, 0.05) is 31.0 Å². The van der Waals surface area contributed by atoms with Gasteiger partial charge >= 0.3 is 0 Å². The molecule has 6 heteroatoms. The highest BCUT2D eigenvalue weighted by atomic mass is 32.2. The van der Waals surface area contributed by atoms with Crippen LogP contribution in [-0.4, -0.2) is 58.1 Å². The number of rotatable bonds is 5. The Morgan fingerprint density at radius 2 is 2.28 bits per heavy atom. The highest BCUT2D eigenvalue weighted by molar-refractivity contribution is 7.99. The summed E-state index contributed by atoms with van der Waals surface area (Å²) in [5, 5.41) is 10.1. The first-order valence-corrected chi connectivity index (χ1v) is 7.18. The van der Waals surface area contributed by atoms with Gasteiger partial charge in [0.05, 0.1) is 25.9 Å². The molecular weight excluding hydrogens is 250 g/mol. The van der Waals surface area contributed by atoms with Crippen LogP contribution < -0.4 is 0 Å². The molecule has 18 heavy (non-hydrogen) atoms. The lowest BCUT2D eigenvalue weighted by atomic mass is 10.2. The number of morpholine rings is 1. The fourth-order valence-corrected chi connectivity index (χ4v) is 2.44. The van der Waals surface area contributed by atoms with E-state index in [2.05, 4.69) is 21.8 Å². The standard InChI is InChI=1S/C12H19N3O2S/c1-2-18-12-13-5-10(6-14-12)7-15-3-4-17-9-11(15)8-16/h5-6,11,16H,2-4,7-9H2,1H3/t11-/m0/s1. The van der Waals surface area contributed by atoms with Gasteiger partial charge in [-0.2, -0.15) is 0 Å². The number of thioether (sulfide) groups is 1. The third kappa shape index (κ3) is 3.65. The van der Waals surface area contributed by atoms with Crippen LogP contribution in [0.4, 0.5) is 0 Å². The van der Waals surface area contributed by atoms with Crippen molar-refractivity contribution in [2.75, 3.05) is 32.1 Å². The summed E-state index contributed by atoms with van der Waals surface area (Å²) in [7, 11) is 0. The molecule has 0 aromatic carbocycles. The van der Waals surface area contributed by atoms with Gasteiger partial charge in [0.25, 0.3) is 0 Å². The quantitative estimate of drug-likeness (QED) is 0.630. The fraction of sp³-hybridized carbons (Fsp3) is 0.667. The summed E-state index contributed by atoms with van der Waals surface area (Å²) >= 11 is 1.64. The molecule has 0 radical (unpaired) electrons. The zero-order valence-electron chi connectivity index (χ0n) is 10.6. The van der Waals surface area contributed by atoms with Gasteiger partial charge in [-0.25, -0.2) is 9.97 Å². The summed E-state index contributed by atoms with van der Waals surface area (Å²) in [5.74, 6) is 0.982. The van der Waals surface area contributed by atoms with Gasteiger partial charge in [-0.3, -0.25) is 4.90 Å². The van der Waals surface area contributed by atoms with Crippen LogP contribution in [0.25, 0.3) is 0 Å². The number of aliphatic hydroxyl groups excluding tert-OH is 1. The summed E-state index contributed by atoms with van der Waals surface area (Å²) in [6.45, 7) is 5.15. The first-order chi connectivity index (χ1) is 8.83. The van der Waals surface area contributed by atoms with Gasteiger partial charge in [0.15, 0.2) is 5.16 Å². The maximum Gasteiger partial charge on any atom is 0.187 e. The second-order valence-electron chi connectivity index (χ2n) is 4.19. The molecule has 1 aromatic heterocycles. The van der Waals surface area contributed by atoms with Gasteiger partial charge in [-0.05, 0) is 5.75 Å². The van der Waals surface area contributed by atoms with Crippen molar-refractivity contribution in [3.05, 3.63) is 18.0 Å². The zero-order chi connectivity index (χ0) is 12.8. The van der Waals surface area contributed by atoms with Crippen molar-refractivity contribution < 1.29 is 9.84 Å². The van der Waals surface area contributed by atoms with Crippen molar-refractivity contribution >= 4 is 11.8 Å². The summed E-state index contributed by atoms with van der Waals surface area (Å²) < 4.78 is 5.36. The normalized spacial score (nSPS) is 21.1. The third-order valence-corrected chi connectivity index (χ3v) is 3.66. The molecule has 0 unspecified atom stereocenters. The van der Waals surface area contributed by atoms with Crippen molar-refractivity contribution in [2.24, 2.45) is 0 Å². The summed E-state index contributed by atoms with van der Waals surface area (Å²) in [4.78, 5) is 10.8. The molecule has 1 aliphatic rings. The summed E-state index contributed by atoms with van der Waals surface area (Å²) in [6, 6.07) is 0.0865. The van der Waals surface area contributed by atoms with Crippen LogP contribution in [-0.2, 0) is 11.3 Å². The van der Waals surface area contributed by atoms with Crippen molar-refractivity contribution in [1.29, 1.82) is 0 Å². The molecule has 0 amide bonds. The number of nitrogens with zero attached hydrogens (tertiary/aromatic N) is 3. The van der Waals surface area contributed by atoms with Crippen LogP contribution in [0, 0.1) is 0 Å². The molecule has 0 saturated carbocycles. The zero-order valence-corrected chi connectivity index (χ0v) is 11.4. The van der Waals surface area contributed by atoms with E-state index in [-0.39, 0.29) is 12.6 Å². The number of hydrogen-bond donors (Lipinski definition) is 1. The Kier molecular flexibility index (Phi) is 5.37. The molecule has 1 aromatic rings. The number of aromatic nitrogens is 2. The highest BCUT2D eigenvalue weighted by Crippen LogP contribution is 2.14. The number of ether oxygens (including phenoxy) is 1. The Bertz CT molecular complexity index is 361. The van der Waals surface area contributed by atoms with Crippen molar-refractivity contribution in [3.63, 3.8) is 0 Å². The number of hydrogen-bond acceptors (Lipinski definition) is 6. The minimum Gasteiger partial charge on any atom is -0.395 e. The van der Waals surface area contributed by atoms with E-state index in [0.29, 0.717) is 6.61 Å². The lowest BCUT2D eigenvalue weighted by molar-refractivity contribution is -0.0313. The minimum absolute atomic E-state index is 0.0865. The highest BCUT2D eigenvalue weighted by Gasteiger charge is 2.22. The van der Waals surface area contributed by atoms with Crippen LogP contribution in [0.15, 0.2) is 17.6 Å². The lowest BCUT2D eigenvalue weighted by Gasteiger charge is -2.34. The second-order valence-corrected chi connectivity index (χ2v) is 5.42. The fourth-order valence-electron chi connectivity index (χ4n) is 1.93. The Labute approximate surface area is 112 Å². The maximum absolute atomic E-state index is 9.30. The largest absolute Gasteiger partial charge is 0.395 e. The molecule has 0 spiro atoms. The van der Waals surface area contributed by atoms with E-state index < -0.39 is 0 Å². The first-order valence-electron chi connectivity index (χ1n) is 6.20. The van der Waals surface area contributed by atoms with Gasteiger partial charge in [-0.1, -0.05) is 18.7 Å². The third-order valence-electron chi connectivity index (χ3n) is 2.90. The van der Waals surface area contributed by atoms with Crippen LogP contribution in [0.1, 0.15) is 12.5 Å². The summed E-state index contributed by atoms with van der Waals surface area (Å²) in [5.41, 5.74) is 1.08. The Morgan fingerprint density at radius 1 is 1.50 bits per heavy atom. The monoisotopic (exact) mass is 269 g/mol. The smallest absolute Gasteiger partial charge is 0.187 e. The van der Waals surface area contributed by atoms with Gasteiger partial charge in [-0.15, -0.1) is 0 Å². The Morgan fingerprint density at radius 3 is 2.94 bits per heavy atom. The average Bonchev–Trinajstić information content (AvgIpc) is 2.42. The molecule has 2 heterocycles. The molecule has 2 rings (SSSR count). The minimum atomic E-state index is 0.0865. The van der Waals surface area contributed by atoms with Gasteiger partial charge in [0.1, 0.15) is 0 Å². The summed E-state index contributed by atoms with van der Waals surface area (Å²) in [6.07, 6.45) is 3.74. The van der Waals surface area contributed by atoms with Gasteiger partial charge in [0.2, 0.25) is 0 Å². The van der Waals surface area contributed by atoms with Gasteiger partial charge < -0.3 is 9.84 Å². The molecule has 1 N–H and O–H groups in total. The average molecular weight is 269 g/mol. The molecule has 1 fully saturated rings.